The lowest BCUT2D eigenvalue weighted by Gasteiger charge is -2.17. The van der Waals surface area contributed by atoms with E-state index in [1.807, 2.05) is 0 Å². The van der Waals surface area contributed by atoms with Gasteiger partial charge in [0.25, 0.3) is 0 Å². The monoisotopic (exact) mass is 314 g/mol. The molecule has 0 aliphatic carbocycles. The predicted octanol–water partition coefficient (Wildman–Crippen LogP) is 3.71. The van der Waals surface area contributed by atoms with E-state index in [0.717, 1.165) is 6.42 Å². The van der Waals surface area contributed by atoms with Crippen molar-refractivity contribution in [2.45, 2.75) is 39.5 Å². The van der Waals surface area contributed by atoms with Crippen LogP contribution in [0.5, 0.6) is 0 Å². The molecule has 2 aromatic rings. The van der Waals surface area contributed by atoms with Crippen molar-refractivity contribution < 1.29 is 4.74 Å². The summed E-state index contributed by atoms with van der Waals surface area (Å²) >= 11 is 12.0. The SMILES string of the molecule is CC[C@H]1O[C@@H](n2ncc3c(Cl)nc(Cl)nc32)[C@H](C)[C@@H]1C. The number of nitrogens with zero attached hydrogens (tertiary/aromatic N) is 4. The summed E-state index contributed by atoms with van der Waals surface area (Å²) in [6.45, 7) is 6.51. The minimum atomic E-state index is -0.144. The average Bonchev–Trinajstić information content (AvgIpc) is 2.93. The normalized spacial score (nSPS) is 30.2. The fourth-order valence-corrected chi connectivity index (χ4v) is 3.25. The van der Waals surface area contributed by atoms with Gasteiger partial charge >= 0.3 is 0 Å². The second-order valence-electron chi connectivity index (χ2n) is 5.30. The highest BCUT2D eigenvalue weighted by Gasteiger charge is 2.40. The van der Waals surface area contributed by atoms with Gasteiger partial charge in [0.1, 0.15) is 5.15 Å². The Morgan fingerprint density at radius 2 is 2.00 bits per heavy atom. The summed E-state index contributed by atoms with van der Waals surface area (Å²) < 4.78 is 7.89. The molecule has 0 aromatic carbocycles. The number of fused-ring (bicyclic) bond motifs is 1. The molecule has 0 radical (unpaired) electrons. The molecule has 0 unspecified atom stereocenters. The van der Waals surface area contributed by atoms with Gasteiger partial charge in [-0.05, 0) is 23.9 Å². The molecule has 1 aliphatic rings. The standard InChI is InChI=1S/C13H16Cl2N4O/c1-4-9-6(2)7(3)12(20-9)19-11-8(5-16-19)10(14)17-13(15)18-11/h5-7,9,12H,4H2,1-3H3/t6-,7+,9+,12+/m0/s1. The molecule has 0 bridgehead atoms. The lowest BCUT2D eigenvalue weighted by atomic mass is 9.92. The largest absolute Gasteiger partial charge is 0.353 e. The third-order valence-corrected chi connectivity index (χ3v) is 4.66. The lowest BCUT2D eigenvalue weighted by Crippen LogP contribution is -2.17. The predicted molar refractivity (Wildman–Crippen MR) is 77.9 cm³/mol. The Labute approximate surface area is 127 Å². The van der Waals surface area contributed by atoms with Crippen molar-refractivity contribution in [3.05, 3.63) is 16.6 Å². The number of aromatic nitrogens is 4. The minimum absolute atomic E-state index is 0.120. The van der Waals surface area contributed by atoms with E-state index < -0.39 is 0 Å². The van der Waals surface area contributed by atoms with Gasteiger partial charge in [-0.1, -0.05) is 32.4 Å². The van der Waals surface area contributed by atoms with Crippen LogP contribution < -0.4 is 0 Å². The summed E-state index contributed by atoms with van der Waals surface area (Å²) in [6, 6.07) is 0. The third-order valence-electron chi connectivity index (χ3n) is 4.20. The summed E-state index contributed by atoms with van der Waals surface area (Å²) in [5.41, 5.74) is 0.621. The Kier molecular flexibility index (Phi) is 3.60. The molecule has 108 valence electrons. The van der Waals surface area contributed by atoms with Crippen LogP contribution in [0.1, 0.15) is 33.4 Å². The van der Waals surface area contributed by atoms with Crippen molar-refractivity contribution in [2.24, 2.45) is 11.8 Å². The maximum Gasteiger partial charge on any atom is 0.225 e. The molecule has 0 amide bonds. The molecule has 2 aromatic heterocycles. The first kappa shape index (κ1) is 14.0. The van der Waals surface area contributed by atoms with Crippen LogP contribution >= 0.6 is 23.2 Å². The van der Waals surface area contributed by atoms with E-state index >= 15 is 0 Å². The van der Waals surface area contributed by atoms with Gasteiger partial charge in [0.05, 0.1) is 17.7 Å². The van der Waals surface area contributed by atoms with Crippen LogP contribution in [0.4, 0.5) is 0 Å². The molecule has 20 heavy (non-hydrogen) atoms. The molecule has 3 heterocycles. The molecule has 7 heteroatoms. The van der Waals surface area contributed by atoms with Gasteiger partial charge in [0.15, 0.2) is 11.9 Å². The van der Waals surface area contributed by atoms with Crippen molar-refractivity contribution in [1.82, 2.24) is 19.7 Å². The van der Waals surface area contributed by atoms with Crippen LogP contribution in [0.3, 0.4) is 0 Å². The fourth-order valence-electron chi connectivity index (χ4n) is 2.83. The first-order valence-electron chi connectivity index (χ1n) is 6.74. The molecule has 3 rings (SSSR count). The van der Waals surface area contributed by atoms with Gasteiger partial charge in [0, 0.05) is 5.92 Å². The second-order valence-corrected chi connectivity index (χ2v) is 6.00. The van der Waals surface area contributed by atoms with Crippen molar-refractivity contribution >= 4 is 34.2 Å². The average molecular weight is 315 g/mol. The van der Waals surface area contributed by atoms with Crippen LogP contribution in [0.2, 0.25) is 10.4 Å². The summed E-state index contributed by atoms with van der Waals surface area (Å²) in [5.74, 6) is 0.813. The van der Waals surface area contributed by atoms with Crippen LogP contribution in [-0.2, 0) is 4.74 Å². The number of halogens is 2. The first-order chi connectivity index (χ1) is 9.52. The Hall–Kier alpha value is -0.910. The zero-order valence-corrected chi connectivity index (χ0v) is 13.1. The third kappa shape index (κ3) is 2.08. The Morgan fingerprint density at radius 3 is 2.65 bits per heavy atom. The molecule has 4 atom stereocenters. The van der Waals surface area contributed by atoms with Crippen molar-refractivity contribution in [3.63, 3.8) is 0 Å². The van der Waals surface area contributed by atoms with Crippen molar-refractivity contribution in [3.8, 4) is 0 Å². The smallest absolute Gasteiger partial charge is 0.225 e. The van der Waals surface area contributed by atoms with Gasteiger partial charge in [-0.2, -0.15) is 10.1 Å². The number of rotatable bonds is 2. The molecule has 0 spiro atoms. The highest BCUT2D eigenvalue weighted by molar-refractivity contribution is 6.35. The first-order valence-corrected chi connectivity index (χ1v) is 7.50. The van der Waals surface area contributed by atoms with Crippen LogP contribution in [0.15, 0.2) is 6.20 Å². The maximum absolute atomic E-state index is 6.12. The van der Waals surface area contributed by atoms with Gasteiger partial charge in [-0.25, -0.2) is 9.67 Å². The summed E-state index contributed by atoms with van der Waals surface area (Å²) in [5, 5.41) is 5.51. The highest BCUT2D eigenvalue weighted by atomic mass is 35.5. The fraction of sp³-hybridized carbons (Fsp3) is 0.615. The van der Waals surface area contributed by atoms with Crippen LogP contribution in [0.25, 0.3) is 11.0 Å². The quantitative estimate of drug-likeness (QED) is 0.626. The van der Waals surface area contributed by atoms with E-state index in [0.29, 0.717) is 28.0 Å². The Morgan fingerprint density at radius 1 is 1.25 bits per heavy atom. The van der Waals surface area contributed by atoms with Crippen molar-refractivity contribution in [1.29, 1.82) is 0 Å². The molecular formula is C13H16Cl2N4O. The molecule has 1 aliphatic heterocycles. The van der Waals surface area contributed by atoms with E-state index in [-0.39, 0.29) is 17.6 Å². The van der Waals surface area contributed by atoms with Gasteiger partial charge in [0.2, 0.25) is 5.28 Å². The van der Waals surface area contributed by atoms with Crippen LogP contribution in [-0.4, -0.2) is 25.9 Å². The number of hydrogen-bond acceptors (Lipinski definition) is 4. The minimum Gasteiger partial charge on any atom is -0.353 e. The maximum atomic E-state index is 6.12. The number of hydrogen-bond donors (Lipinski definition) is 0. The summed E-state index contributed by atoms with van der Waals surface area (Å²) in [6.07, 6.45) is 2.74. The Bertz CT molecular complexity index is 645. The van der Waals surface area contributed by atoms with E-state index in [1.165, 1.54) is 0 Å². The lowest BCUT2D eigenvalue weighted by molar-refractivity contribution is -0.0189. The molecule has 1 fully saturated rings. The zero-order chi connectivity index (χ0) is 14.4. The van der Waals surface area contributed by atoms with E-state index in [1.54, 1.807) is 10.9 Å². The van der Waals surface area contributed by atoms with E-state index in [4.69, 9.17) is 27.9 Å². The molecule has 5 nitrogen and oxygen atoms in total. The van der Waals surface area contributed by atoms with Gasteiger partial charge < -0.3 is 4.74 Å². The van der Waals surface area contributed by atoms with E-state index in [9.17, 15) is 0 Å². The molecule has 0 N–H and O–H groups in total. The molecule has 0 saturated carbocycles. The summed E-state index contributed by atoms with van der Waals surface area (Å²) in [7, 11) is 0. The number of ether oxygens (including phenoxy) is 1. The Balaban J connectivity index is 2.07. The second kappa shape index (κ2) is 5.13. The topological polar surface area (TPSA) is 52.8 Å². The zero-order valence-electron chi connectivity index (χ0n) is 11.5. The summed E-state index contributed by atoms with van der Waals surface area (Å²) in [4.78, 5) is 8.17. The van der Waals surface area contributed by atoms with Gasteiger partial charge in [-0.3, -0.25) is 0 Å². The highest BCUT2D eigenvalue weighted by Crippen LogP contribution is 2.41. The molecule has 1 saturated heterocycles. The van der Waals surface area contributed by atoms with E-state index in [2.05, 4.69) is 35.8 Å². The van der Waals surface area contributed by atoms with Gasteiger partial charge in [-0.15, -0.1) is 0 Å². The van der Waals surface area contributed by atoms with Crippen LogP contribution in [0, 0.1) is 11.8 Å². The molecular weight excluding hydrogens is 299 g/mol. The van der Waals surface area contributed by atoms with Crippen molar-refractivity contribution in [2.75, 3.05) is 0 Å².